The number of rotatable bonds is 3. The highest BCUT2D eigenvalue weighted by atomic mass is 32.2. The zero-order chi connectivity index (χ0) is 9.90. The van der Waals surface area contributed by atoms with Gasteiger partial charge in [-0.3, -0.25) is 0 Å². The van der Waals surface area contributed by atoms with E-state index in [0.29, 0.717) is 19.6 Å². The molecule has 0 aromatic heterocycles. The molecular weight excluding hydrogens is 190 g/mol. The van der Waals surface area contributed by atoms with Crippen LogP contribution >= 0.6 is 0 Å². The lowest BCUT2D eigenvalue weighted by molar-refractivity contribution is 0.310. The number of nitrogens with two attached hydrogens (primary N) is 2. The molecule has 1 aliphatic heterocycles. The highest BCUT2D eigenvalue weighted by Gasteiger charge is 2.30. The van der Waals surface area contributed by atoms with Crippen LogP contribution in [0.25, 0.3) is 0 Å². The summed E-state index contributed by atoms with van der Waals surface area (Å²) >= 11 is 0. The van der Waals surface area contributed by atoms with Gasteiger partial charge in [-0.15, -0.1) is 0 Å². The van der Waals surface area contributed by atoms with Gasteiger partial charge in [-0.25, -0.2) is 8.42 Å². The van der Waals surface area contributed by atoms with Crippen LogP contribution in [0.5, 0.6) is 0 Å². The quantitative estimate of drug-likeness (QED) is 0.602. The van der Waals surface area contributed by atoms with Gasteiger partial charge < -0.3 is 11.5 Å². The maximum absolute atomic E-state index is 11.6. The lowest BCUT2D eigenvalue weighted by Crippen LogP contribution is -2.51. The minimum Gasteiger partial charge on any atom is -0.329 e. The van der Waals surface area contributed by atoms with Gasteiger partial charge in [0.1, 0.15) is 0 Å². The van der Waals surface area contributed by atoms with Crippen LogP contribution in [0.3, 0.4) is 0 Å². The van der Waals surface area contributed by atoms with E-state index in [0.717, 1.165) is 12.8 Å². The highest BCUT2D eigenvalue weighted by Crippen LogP contribution is 2.15. The van der Waals surface area contributed by atoms with Crippen molar-refractivity contribution in [2.75, 3.05) is 25.4 Å². The zero-order valence-corrected chi connectivity index (χ0v) is 8.46. The second kappa shape index (κ2) is 4.36. The third-order valence-electron chi connectivity index (χ3n) is 2.34. The first-order valence-corrected chi connectivity index (χ1v) is 6.12. The first kappa shape index (κ1) is 10.9. The summed E-state index contributed by atoms with van der Waals surface area (Å²) in [6.45, 7) is 1.17. The van der Waals surface area contributed by atoms with Gasteiger partial charge in [0, 0.05) is 25.7 Å². The van der Waals surface area contributed by atoms with Crippen LogP contribution in [-0.4, -0.2) is 44.2 Å². The average molecular weight is 207 g/mol. The SMILES string of the molecule is NCC(CN)N1CCCCS1(=O)=O. The second-order valence-electron chi connectivity index (χ2n) is 3.26. The number of hydrogen-bond acceptors (Lipinski definition) is 4. The molecule has 78 valence electrons. The van der Waals surface area contributed by atoms with Gasteiger partial charge >= 0.3 is 0 Å². The van der Waals surface area contributed by atoms with Gasteiger partial charge in [0.25, 0.3) is 0 Å². The van der Waals surface area contributed by atoms with E-state index in [4.69, 9.17) is 11.5 Å². The molecule has 0 saturated carbocycles. The van der Waals surface area contributed by atoms with Crippen LogP contribution in [-0.2, 0) is 10.0 Å². The smallest absolute Gasteiger partial charge is 0.214 e. The Morgan fingerprint density at radius 1 is 1.23 bits per heavy atom. The average Bonchev–Trinajstić information content (AvgIpc) is 2.09. The van der Waals surface area contributed by atoms with Gasteiger partial charge in [0.2, 0.25) is 10.0 Å². The van der Waals surface area contributed by atoms with E-state index < -0.39 is 10.0 Å². The zero-order valence-electron chi connectivity index (χ0n) is 7.65. The van der Waals surface area contributed by atoms with Crippen LogP contribution in [0.2, 0.25) is 0 Å². The Bertz CT molecular complexity index is 248. The molecule has 0 unspecified atom stereocenters. The Morgan fingerprint density at radius 3 is 2.31 bits per heavy atom. The number of sulfonamides is 1. The molecule has 6 heteroatoms. The fraction of sp³-hybridized carbons (Fsp3) is 1.00. The van der Waals surface area contributed by atoms with Crippen LogP contribution in [0.1, 0.15) is 12.8 Å². The normalized spacial score (nSPS) is 23.6. The van der Waals surface area contributed by atoms with Crippen molar-refractivity contribution in [3.63, 3.8) is 0 Å². The molecule has 1 heterocycles. The Balaban J connectivity index is 2.75. The summed E-state index contributed by atoms with van der Waals surface area (Å²) in [5.74, 6) is 0.240. The minimum absolute atomic E-state index is 0.217. The highest BCUT2D eigenvalue weighted by molar-refractivity contribution is 7.89. The molecule has 0 spiro atoms. The summed E-state index contributed by atoms with van der Waals surface area (Å²) in [5, 5.41) is 0. The molecule has 0 bridgehead atoms. The minimum atomic E-state index is -3.07. The van der Waals surface area contributed by atoms with Crippen LogP contribution in [0.4, 0.5) is 0 Å². The molecule has 0 atom stereocenters. The van der Waals surface area contributed by atoms with Crippen molar-refractivity contribution in [3.8, 4) is 0 Å². The van der Waals surface area contributed by atoms with E-state index in [1.54, 1.807) is 0 Å². The van der Waals surface area contributed by atoms with Crippen LogP contribution in [0.15, 0.2) is 0 Å². The Hall–Kier alpha value is -0.170. The van der Waals surface area contributed by atoms with Crippen LogP contribution in [0, 0.1) is 0 Å². The molecule has 0 amide bonds. The van der Waals surface area contributed by atoms with Crippen molar-refractivity contribution in [2.24, 2.45) is 11.5 Å². The molecule has 1 aliphatic rings. The van der Waals surface area contributed by atoms with Crippen molar-refractivity contribution in [1.29, 1.82) is 0 Å². The van der Waals surface area contributed by atoms with Crippen molar-refractivity contribution >= 4 is 10.0 Å². The topological polar surface area (TPSA) is 89.4 Å². The van der Waals surface area contributed by atoms with Crippen molar-refractivity contribution in [2.45, 2.75) is 18.9 Å². The molecule has 1 fully saturated rings. The van der Waals surface area contributed by atoms with Crippen LogP contribution < -0.4 is 11.5 Å². The van der Waals surface area contributed by atoms with Crippen molar-refractivity contribution in [1.82, 2.24) is 4.31 Å². The Morgan fingerprint density at radius 2 is 1.85 bits per heavy atom. The first-order valence-electron chi connectivity index (χ1n) is 4.51. The third-order valence-corrected chi connectivity index (χ3v) is 4.34. The maximum atomic E-state index is 11.6. The first-order chi connectivity index (χ1) is 6.11. The third kappa shape index (κ3) is 2.40. The molecule has 0 aliphatic carbocycles. The number of hydrogen-bond donors (Lipinski definition) is 2. The molecule has 4 N–H and O–H groups in total. The lowest BCUT2D eigenvalue weighted by Gasteiger charge is -2.32. The van der Waals surface area contributed by atoms with E-state index in [1.165, 1.54) is 4.31 Å². The monoisotopic (exact) mass is 207 g/mol. The summed E-state index contributed by atoms with van der Waals surface area (Å²) in [5.41, 5.74) is 10.9. The van der Waals surface area contributed by atoms with Gasteiger partial charge in [0.15, 0.2) is 0 Å². The summed E-state index contributed by atoms with van der Waals surface area (Å²) in [6.07, 6.45) is 1.66. The van der Waals surface area contributed by atoms with Gasteiger partial charge in [-0.05, 0) is 12.8 Å². The fourth-order valence-electron chi connectivity index (χ4n) is 1.55. The lowest BCUT2D eigenvalue weighted by atomic mass is 10.2. The predicted molar refractivity (Wildman–Crippen MR) is 51.6 cm³/mol. The second-order valence-corrected chi connectivity index (χ2v) is 5.30. The molecule has 5 nitrogen and oxygen atoms in total. The van der Waals surface area contributed by atoms with E-state index in [-0.39, 0.29) is 11.8 Å². The molecule has 1 saturated heterocycles. The molecular formula is C7H17N3O2S. The maximum Gasteiger partial charge on any atom is 0.214 e. The largest absolute Gasteiger partial charge is 0.329 e. The summed E-state index contributed by atoms with van der Waals surface area (Å²) in [6, 6.07) is -0.217. The van der Waals surface area contributed by atoms with Gasteiger partial charge in [0.05, 0.1) is 5.75 Å². The molecule has 0 radical (unpaired) electrons. The standard InChI is InChI=1S/C7H17N3O2S/c8-5-7(6-9)10-3-1-2-4-13(10,11)12/h7H,1-6,8-9H2. The predicted octanol–water partition coefficient (Wildman–Crippen LogP) is -1.30. The van der Waals surface area contributed by atoms with E-state index >= 15 is 0 Å². The number of nitrogens with zero attached hydrogens (tertiary/aromatic N) is 1. The van der Waals surface area contributed by atoms with Gasteiger partial charge in [-0.1, -0.05) is 0 Å². The van der Waals surface area contributed by atoms with E-state index in [1.807, 2.05) is 0 Å². The van der Waals surface area contributed by atoms with Crippen molar-refractivity contribution < 1.29 is 8.42 Å². The Labute approximate surface area is 79.1 Å². The van der Waals surface area contributed by atoms with E-state index in [2.05, 4.69) is 0 Å². The molecule has 0 aromatic carbocycles. The summed E-state index contributed by atoms with van der Waals surface area (Å²) in [7, 11) is -3.07. The van der Waals surface area contributed by atoms with E-state index in [9.17, 15) is 8.42 Å². The molecule has 0 aromatic rings. The van der Waals surface area contributed by atoms with Gasteiger partial charge in [-0.2, -0.15) is 4.31 Å². The summed E-state index contributed by atoms with van der Waals surface area (Å²) < 4.78 is 24.6. The van der Waals surface area contributed by atoms with Crippen molar-refractivity contribution in [3.05, 3.63) is 0 Å². The molecule has 13 heavy (non-hydrogen) atoms. The Kier molecular flexibility index (Phi) is 3.66. The summed E-state index contributed by atoms with van der Waals surface area (Å²) in [4.78, 5) is 0. The molecule has 1 rings (SSSR count). The fourth-order valence-corrected chi connectivity index (χ4v) is 3.39.